The van der Waals surface area contributed by atoms with Crippen LogP contribution in [0.4, 0.5) is 19.1 Å². The number of hydrogen-bond donors (Lipinski definition) is 2. The maximum atomic E-state index is 13.7. The number of fused-ring (bicyclic) bond motifs is 1. The quantitative estimate of drug-likeness (QED) is 0.487. The summed E-state index contributed by atoms with van der Waals surface area (Å²) in [5.74, 6) is 0.0822. The van der Waals surface area contributed by atoms with Crippen molar-refractivity contribution in [2.45, 2.75) is 24.5 Å². The topological polar surface area (TPSA) is 132 Å². The number of tetrazole rings is 1. The number of nitrogen functional groups attached to an aromatic ring is 1. The Morgan fingerprint density at radius 2 is 1.94 bits per heavy atom. The van der Waals surface area contributed by atoms with Gasteiger partial charge in [0.25, 0.3) is 0 Å². The third-order valence-corrected chi connectivity index (χ3v) is 5.99. The molecule has 0 atom stereocenters. The molecule has 4 rings (SSSR count). The summed E-state index contributed by atoms with van der Waals surface area (Å²) in [7, 11) is -4.33. The average molecular weight is 451 g/mol. The van der Waals surface area contributed by atoms with Crippen molar-refractivity contribution in [2.75, 3.05) is 12.0 Å². The van der Waals surface area contributed by atoms with Crippen LogP contribution < -0.4 is 5.73 Å². The molecule has 0 saturated carbocycles. The van der Waals surface area contributed by atoms with Gasteiger partial charge in [-0.15, -0.1) is 5.10 Å². The first-order chi connectivity index (χ1) is 14.5. The number of H-pyrrole nitrogens is 1. The van der Waals surface area contributed by atoms with Crippen LogP contribution in [0.2, 0.25) is 0 Å². The summed E-state index contributed by atoms with van der Waals surface area (Å²) in [5.41, 5.74) is 6.22. The Kier molecular flexibility index (Phi) is 4.72. The van der Waals surface area contributed by atoms with E-state index in [1.807, 2.05) is 6.92 Å². The first-order valence-electron chi connectivity index (χ1n) is 8.97. The molecule has 0 aliphatic carbocycles. The van der Waals surface area contributed by atoms with Crippen LogP contribution in [-0.2, 0) is 22.6 Å². The second-order valence-corrected chi connectivity index (χ2v) is 8.75. The predicted octanol–water partition coefficient (Wildman–Crippen LogP) is 2.91. The fourth-order valence-corrected chi connectivity index (χ4v) is 4.74. The van der Waals surface area contributed by atoms with E-state index in [1.54, 1.807) is 22.8 Å². The van der Waals surface area contributed by atoms with Gasteiger partial charge in [0.05, 0.1) is 21.5 Å². The highest BCUT2D eigenvalue weighted by molar-refractivity contribution is 7.91. The van der Waals surface area contributed by atoms with Gasteiger partial charge in [0.1, 0.15) is 0 Å². The molecule has 162 valence electrons. The van der Waals surface area contributed by atoms with Gasteiger partial charge in [-0.25, -0.2) is 18.5 Å². The Labute approximate surface area is 174 Å². The molecule has 0 unspecified atom stereocenters. The molecule has 0 bridgehead atoms. The number of hydrogen-bond acceptors (Lipinski definition) is 7. The molecule has 13 heteroatoms. The molecule has 0 spiro atoms. The van der Waals surface area contributed by atoms with Crippen molar-refractivity contribution in [3.05, 3.63) is 35.9 Å². The molecule has 0 fully saturated rings. The van der Waals surface area contributed by atoms with Gasteiger partial charge in [-0.1, -0.05) is 12.1 Å². The van der Waals surface area contributed by atoms with Crippen molar-refractivity contribution in [2.24, 2.45) is 0 Å². The Morgan fingerprint density at radius 1 is 1.19 bits per heavy atom. The number of nitrogens with one attached hydrogen (secondary N) is 1. The van der Waals surface area contributed by atoms with E-state index in [0.717, 1.165) is 11.6 Å². The van der Waals surface area contributed by atoms with Crippen molar-refractivity contribution in [3.63, 3.8) is 0 Å². The van der Waals surface area contributed by atoms with Crippen LogP contribution in [0, 0.1) is 0 Å². The van der Waals surface area contributed by atoms with E-state index in [1.165, 1.54) is 6.07 Å². The van der Waals surface area contributed by atoms with Crippen LogP contribution in [0.1, 0.15) is 12.5 Å². The fraction of sp³-hybridized carbons (Fsp3) is 0.222. The Bertz CT molecular complexity index is 1390. The number of anilines is 1. The van der Waals surface area contributed by atoms with E-state index >= 15 is 0 Å². The second-order valence-electron chi connectivity index (χ2n) is 6.80. The van der Waals surface area contributed by atoms with Gasteiger partial charge in [-0.05, 0) is 46.7 Å². The number of sulfone groups is 1. The zero-order valence-corrected chi connectivity index (χ0v) is 17.1. The van der Waals surface area contributed by atoms with Gasteiger partial charge in [0.2, 0.25) is 5.95 Å². The minimum Gasteiger partial charge on any atom is -0.369 e. The number of nitrogens with zero attached hydrogens (tertiary/aromatic N) is 5. The monoisotopic (exact) mass is 451 g/mol. The largest absolute Gasteiger partial charge is 0.417 e. The van der Waals surface area contributed by atoms with Crippen molar-refractivity contribution in [3.8, 4) is 22.5 Å². The Balaban J connectivity index is 2.09. The molecule has 2 heterocycles. The van der Waals surface area contributed by atoms with Crippen molar-refractivity contribution < 1.29 is 21.6 Å². The molecule has 0 amide bonds. The molecular formula is C18H16F3N7O2S. The van der Waals surface area contributed by atoms with Crippen LogP contribution in [-0.4, -0.2) is 44.8 Å². The highest BCUT2D eigenvalue weighted by Crippen LogP contribution is 2.43. The number of imidazole rings is 1. The van der Waals surface area contributed by atoms with Gasteiger partial charge >= 0.3 is 6.18 Å². The molecule has 31 heavy (non-hydrogen) atoms. The number of rotatable bonds is 4. The lowest BCUT2D eigenvalue weighted by molar-refractivity contribution is -0.139. The molecule has 0 radical (unpaired) electrons. The lowest BCUT2D eigenvalue weighted by Crippen LogP contribution is -2.15. The average Bonchev–Trinajstić information content (AvgIpc) is 3.31. The molecule has 3 N–H and O–H groups in total. The van der Waals surface area contributed by atoms with E-state index in [2.05, 4.69) is 25.6 Å². The van der Waals surface area contributed by atoms with Crippen LogP contribution in [0.15, 0.2) is 35.2 Å². The summed E-state index contributed by atoms with van der Waals surface area (Å²) in [6, 6.07) is 6.92. The van der Waals surface area contributed by atoms with E-state index in [0.29, 0.717) is 29.8 Å². The molecule has 0 saturated heterocycles. The fourth-order valence-electron chi connectivity index (χ4n) is 3.58. The highest BCUT2D eigenvalue weighted by Gasteiger charge is 2.39. The molecule has 4 aromatic rings. The van der Waals surface area contributed by atoms with Crippen LogP contribution >= 0.6 is 0 Å². The lowest BCUT2D eigenvalue weighted by atomic mass is 9.96. The normalized spacial score (nSPS) is 12.5. The van der Waals surface area contributed by atoms with Gasteiger partial charge in [-0.2, -0.15) is 13.2 Å². The molecule has 2 aromatic carbocycles. The number of nitrogens with two attached hydrogens (primary N) is 1. The van der Waals surface area contributed by atoms with Crippen LogP contribution in [0.25, 0.3) is 33.5 Å². The van der Waals surface area contributed by atoms with Crippen LogP contribution in [0.5, 0.6) is 0 Å². The second kappa shape index (κ2) is 7.04. The van der Waals surface area contributed by atoms with Crippen LogP contribution in [0.3, 0.4) is 0 Å². The summed E-state index contributed by atoms with van der Waals surface area (Å²) >= 11 is 0. The summed E-state index contributed by atoms with van der Waals surface area (Å²) in [6.45, 7) is 2.48. The van der Waals surface area contributed by atoms with Crippen molar-refractivity contribution >= 4 is 26.8 Å². The maximum Gasteiger partial charge on any atom is 0.417 e. The van der Waals surface area contributed by atoms with Gasteiger partial charge in [-0.3, -0.25) is 0 Å². The first-order valence-corrected chi connectivity index (χ1v) is 10.9. The van der Waals surface area contributed by atoms with E-state index < -0.39 is 26.5 Å². The molecule has 0 aliphatic heterocycles. The van der Waals surface area contributed by atoms with E-state index in [4.69, 9.17) is 5.73 Å². The van der Waals surface area contributed by atoms with E-state index in [-0.39, 0.29) is 17.0 Å². The number of halogens is 3. The number of aromatic nitrogens is 6. The number of alkyl halides is 3. The summed E-state index contributed by atoms with van der Waals surface area (Å²) in [6.07, 6.45) is -4.20. The highest BCUT2D eigenvalue weighted by atomic mass is 32.2. The SMILES string of the molecule is CCn1c(N)nc2cc(-c3ccc(C(F)(F)F)c(S(C)(=O)=O)c3-c3nnn[nH]3)ccc21. The maximum absolute atomic E-state index is 13.7. The Hall–Kier alpha value is -3.48. The molecular weight excluding hydrogens is 435 g/mol. The minimum atomic E-state index is -4.91. The summed E-state index contributed by atoms with van der Waals surface area (Å²) in [4.78, 5) is 3.38. The zero-order valence-electron chi connectivity index (χ0n) is 16.3. The van der Waals surface area contributed by atoms with Gasteiger partial charge < -0.3 is 10.3 Å². The predicted molar refractivity (Wildman–Crippen MR) is 107 cm³/mol. The molecule has 0 aliphatic rings. The molecule has 2 aromatic heterocycles. The third kappa shape index (κ3) is 3.50. The van der Waals surface area contributed by atoms with Gasteiger partial charge in [0, 0.05) is 18.4 Å². The van der Waals surface area contributed by atoms with Crippen molar-refractivity contribution in [1.82, 2.24) is 30.2 Å². The van der Waals surface area contributed by atoms with Crippen molar-refractivity contribution in [1.29, 1.82) is 0 Å². The summed E-state index contributed by atoms with van der Waals surface area (Å²) < 4.78 is 67.8. The Morgan fingerprint density at radius 3 is 2.52 bits per heavy atom. The minimum absolute atomic E-state index is 0.193. The third-order valence-electron chi connectivity index (χ3n) is 4.82. The number of aryl methyl sites for hydroxylation is 1. The lowest BCUT2D eigenvalue weighted by Gasteiger charge is -2.18. The smallest absolute Gasteiger partial charge is 0.369 e. The number of aromatic amines is 1. The zero-order chi connectivity index (χ0) is 22.6. The van der Waals surface area contributed by atoms with Gasteiger partial charge in [0.15, 0.2) is 15.7 Å². The first kappa shape index (κ1) is 20.8. The molecule has 9 nitrogen and oxygen atoms in total. The summed E-state index contributed by atoms with van der Waals surface area (Å²) in [5, 5.41) is 12.8. The standard InChI is InChI=1S/C18H16F3N7O2S/c1-3-28-13-7-4-9(8-12(13)23-17(28)22)10-5-6-11(18(19,20)21)15(31(2,29)30)14(10)16-24-26-27-25-16/h4-8H,3H2,1-2H3,(H2,22,23)(H,24,25,26,27). The van der Waals surface area contributed by atoms with E-state index in [9.17, 15) is 21.6 Å². The number of benzene rings is 2.